The summed E-state index contributed by atoms with van der Waals surface area (Å²) in [5.41, 5.74) is 1.27. The monoisotopic (exact) mass is 354 g/mol. The first-order valence-corrected chi connectivity index (χ1v) is 9.80. The Bertz CT molecular complexity index is 726. The van der Waals surface area contributed by atoms with Gasteiger partial charge in [0.25, 0.3) is 0 Å². The Morgan fingerprint density at radius 2 is 2.00 bits per heavy atom. The van der Waals surface area contributed by atoms with Crippen molar-refractivity contribution in [3.8, 4) is 11.5 Å². The fraction of sp³-hybridized carbons (Fsp3) is 0.571. The predicted molar refractivity (Wildman–Crippen MR) is 98.3 cm³/mol. The number of ether oxygens (including phenoxy) is 2. The van der Waals surface area contributed by atoms with Crippen molar-refractivity contribution in [1.82, 2.24) is 9.80 Å². The number of nitrogens with zero attached hydrogens (tertiary/aromatic N) is 2. The third-order valence-corrected chi connectivity index (χ3v) is 6.70. The molecule has 5 nitrogen and oxygen atoms in total. The first kappa shape index (κ1) is 16.2. The normalized spacial score (nSPS) is 34.0. The largest absolute Gasteiger partial charge is 0.454 e. The summed E-state index contributed by atoms with van der Waals surface area (Å²) in [5, 5.41) is 0. The number of likely N-dealkylation sites (tertiary alicyclic amines) is 1. The molecule has 138 valence electrons. The van der Waals surface area contributed by atoms with Gasteiger partial charge in [-0.05, 0) is 56.0 Å². The summed E-state index contributed by atoms with van der Waals surface area (Å²) in [5.74, 6) is 2.96. The number of hydrogen-bond donors (Lipinski definition) is 0. The highest BCUT2D eigenvalue weighted by molar-refractivity contribution is 5.77. The van der Waals surface area contributed by atoms with Crippen LogP contribution in [0, 0.1) is 5.92 Å². The van der Waals surface area contributed by atoms with Crippen LogP contribution >= 0.6 is 0 Å². The second kappa shape index (κ2) is 6.31. The van der Waals surface area contributed by atoms with Crippen LogP contribution < -0.4 is 9.47 Å². The Hall–Kier alpha value is -2.01. The van der Waals surface area contributed by atoms with Crippen LogP contribution in [0.15, 0.2) is 30.9 Å². The number of benzene rings is 1. The first-order valence-electron chi connectivity index (χ1n) is 9.80. The molecule has 0 unspecified atom stereocenters. The van der Waals surface area contributed by atoms with Gasteiger partial charge in [-0.2, -0.15) is 0 Å². The molecule has 26 heavy (non-hydrogen) atoms. The zero-order chi connectivity index (χ0) is 17.7. The van der Waals surface area contributed by atoms with Crippen molar-refractivity contribution in [2.24, 2.45) is 5.92 Å². The number of amides is 1. The molecule has 5 heteroatoms. The Kier molecular flexibility index (Phi) is 3.92. The van der Waals surface area contributed by atoms with Crippen LogP contribution in [0.5, 0.6) is 11.5 Å². The van der Waals surface area contributed by atoms with E-state index in [-0.39, 0.29) is 5.91 Å². The molecule has 5 aliphatic rings. The Balaban J connectivity index is 1.47. The average molecular weight is 354 g/mol. The van der Waals surface area contributed by atoms with Gasteiger partial charge in [0.05, 0.1) is 6.04 Å². The smallest absolute Gasteiger partial charge is 0.231 e. The second-order valence-corrected chi connectivity index (χ2v) is 7.95. The van der Waals surface area contributed by atoms with E-state index in [2.05, 4.69) is 28.5 Å². The zero-order valence-corrected chi connectivity index (χ0v) is 15.1. The molecule has 0 saturated carbocycles. The minimum absolute atomic E-state index is 0.289. The molecule has 2 bridgehead atoms. The Labute approximate surface area is 154 Å². The molecule has 0 aromatic heterocycles. The number of rotatable bonds is 4. The topological polar surface area (TPSA) is 42.0 Å². The molecule has 1 amide bonds. The molecular weight excluding hydrogens is 328 g/mol. The molecule has 4 saturated heterocycles. The maximum atomic E-state index is 12.9. The van der Waals surface area contributed by atoms with Gasteiger partial charge in [-0.25, -0.2) is 0 Å². The lowest BCUT2D eigenvalue weighted by molar-refractivity contribution is -0.135. The summed E-state index contributed by atoms with van der Waals surface area (Å²) in [6, 6.07) is 7.12. The number of piperidine rings is 3. The lowest BCUT2D eigenvalue weighted by atomic mass is 9.75. The summed E-state index contributed by atoms with van der Waals surface area (Å²) in [4.78, 5) is 17.7. The van der Waals surface area contributed by atoms with Crippen molar-refractivity contribution in [2.45, 2.75) is 43.7 Å². The van der Waals surface area contributed by atoms with Gasteiger partial charge >= 0.3 is 0 Å². The van der Waals surface area contributed by atoms with Gasteiger partial charge in [0.15, 0.2) is 11.5 Å². The van der Waals surface area contributed by atoms with Crippen LogP contribution in [-0.4, -0.2) is 54.2 Å². The highest BCUT2D eigenvalue weighted by Gasteiger charge is 2.54. The van der Waals surface area contributed by atoms with Gasteiger partial charge in [0.1, 0.15) is 0 Å². The van der Waals surface area contributed by atoms with Gasteiger partial charge in [0.2, 0.25) is 12.7 Å². The van der Waals surface area contributed by atoms with Crippen molar-refractivity contribution in [1.29, 1.82) is 0 Å². The maximum absolute atomic E-state index is 12.9. The quantitative estimate of drug-likeness (QED) is 0.780. The molecule has 0 aliphatic carbocycles. The number of fused-ring (bicyclic) bond motifs is 3. The van der Waals surface area contributed by atoms with E-state index < -0.39 is 0 Å². The lowest BCUT2D eigenvalue weighted by Gasteiger charge is -2.51. The first-order chi connectivity index (χ1) is 12.8. The van der Waals surface area contributed by atoms with Crippen LogP contribution in [0.2, 0.25) is 0 Å². The third kappa shape index (κ3) is 2.44. The van der Waals surface area contributed by atoms with Crippen molar-refractivity contribution in [3.63, 3.8) is 0 Å². The number of allylic oxidation sites excluding steroid dienone is 1. The van der Waals surface area contributed by atoms with E-state index in [0.717, 1.165) is 24.5 Å². The molecule has 5 heterocycles. The molecule has 4 fully saturated rings. The highest BCUT2D eigenvalue weighted by atomic mass is 16.7. The van der Waals surface area contributed by atoms with Crippen molar-refractivity contribution in [2.75, 3.05) is 26.4 Å². The molecule has 1 aromatic carbocycles. The fourth-order valence-electron chi connectivity index (χ4n) is 5.51. The fourth-order valence-corrected chi connectivity index (χ4v) is 5.51. The number of hydrogen-bond acceptors (Lipinski definition) is 4. The molecule has 0 radical (unpaired) electrons. The minimum atomic E-state index is 0.289. The summed E-state index contributed by atoms with van der Waals surface area (Å²) in [6.45, 7) is 7.23. The molecular formula is C21H26N2O3. The Morgan fingerprint density at radius 3 is 2.81 bits per heavy atom. The highest BCUT2D eigenvalue weighted by Crippen LogP contribution is 2.48. The SMILES string of the molecule is C=CCCC(=O)N1C[C@@H](c2ccc3c(c2)OCO3)[C@@H]2[C@H]1C1CCN2CC1. The van der Waals surface area contributed by atoms with E-state index in [1.165, 1.54) is 31.5 Å². The summed E-state index contributed by atoms with van der Waals surface area (Å²) in [6.07, 6.45) is 5.63. The van der Waals surface area contributed by atoms with Crippen molar-refractivity contribution >= 4 is 5.91 Å². The number of carbonyl (C=O) groups excluding carboxylic acids is 1. The zero-order valence-electron chi connectivity index (χ0n) is 15.1. The standard InChI is InChI=1S/C21H26N2O3/c1-2-3-4-19(24)23-12-16(15-5-6-17-18(11-15)26-13-25-17)21-20(23)14-7-9-22(21)10-8-14/h2,5-6,11,14,16,20-21H,1,3-4,7-10,12-13H2/t16-,20+,21+/m0/s1. The summed E-state index contributed by atoms with van der Waals surface area (Å²) >= 11 is 0. The molecule has 1 aromatic rings. The predicted octanol–water partition coefficient (Wildman–Crippen LogP) is 2.77. The Morgan fingerprint density at radius 1 is 1.19 bits per heavy atom. The van der Waals surface area contributed by atoms with Crippen molar-refractivity contribution in [3.05, 3.63) is 36.4 Å². The lowest BCUT2D eigenvalue weighted by Crippen LogP contribution is -2.60. The molecule has 6 rings (SSSR count). The molecule has 0 spiro atoms. The van der Waals surface area contributed by atoms with Gasteiger partial charge in [-0.15, -0.1) is 6.58 Å². The van der Waals surface area contributed by atoms with Gasteiger partial charge < -0.3 is 14.4 Å². The van der Waals surface area contributed by atoms with Crippen LogP contribution in [0.25, 0.3) is 0 Å². The van der Waals surface area contributed by atoms with E-state index in [9.17, 15) is 4.79 Å². The molecule has 0 N–H and O–H groups in total. The van der Waals surface area contributed by atoms with Gasteiger partial charge in [-0.1, -0.05) is 12.1 Å². The van der Waals surface area contributed by atoms with Gasteiger partial charge in [0, 0.05) is 24.9 Å². The maximum Gasteiger partial charge on any atom is 0.231 e. The molecule has 3 atom stereocenters. The third-order valence-electron chi connectivity index (χ3n) is 6.70. The van der Waals surface area contributed by atoms with E-state index in [4.69, 9.17) is 9.47 Å². The van der Waals surface area contributed by atoms with Crippen LogP contribution in [-0.2, 0) is 4.79 Å². The van der Waals surface area contributed by atoms with E-state index >= 15 is 0 Å². The summed E-state index contributed by atoms with van der Waals surface area (Å²) < 4.78 is 11.1. The van der Waals surface area contributed by atoms with Crippen LogP contribution in [0.4, 0.5) is 0 Å². The minimum Gasteiger partial charge on any atom is -0.454 e. The average Bonchev–Trinajstić information content (AvgIpc) is 3.32. The van der Waals surface area contributed by atoms with Gasteiger partial charge in [-0.3, -0.25) is 9.69 Å². The van der Waals surface area contributed by atoms with Crippen molar-refractivity contribution < 1.29 is 14.3 Å². The van der Waals surface area contributed by atoms with Crippen LogP contribution in [0.3, 0.4) is 0 Å². The van der Waals surface area contributed by atoms with Crippen LogP contribution in [0.1, 0.15) is 37.2 Å². The van der Waals surface area contributed by atoms with E-state index in [1.807, 2.05) is 12.1 Å². The van der Waals surface area contributed by atoms with E-state index in [0.29, 0.717) is 37.1 Å². The number of carbonyl (C=O) groups is 1. The van der Waals surface area contributed by atoms with E-state index in [1.54, 1.807) is 0 Å². The summed E-state index contributed by atoms with van der Waals surface area (Å²) in [7, 11) is 0. The molecule has 5 aliphatic heterocycles. The second-order valence-electron chi connectivity index (χ2n) is 7.95.